The van der Waals surface area contributed by atoms with Crippen LogP contribution in [-0.4, -0.2) is 33.3 Å². The van der Waals surface area contributed by atoms with Crippen LogP contribution in [-0.2, 0) is 6.18 Å². The minimum atomic E-state index is -4.64. The first-order valence-electron chi connectivity index (χ1n) is 6.01. The molecule has 0 radical (unpaired) electrons. The molecule has 0 aliphatic heterocycles. The van der Waals surface area contributed by atoms with Crippen LogP contribution >= 0.6 is 0 Å². The molecule has 0 bridgehead atoms. The van der Waals surface area contributed by atoms with Gasteiger partial charge in [0.25, 0.3) is 0 Å². The molecule has 3 N–H and O–H groups in total. The van der Waals surface area contributed by atoms with Crippen molar-refractivity contribution in [3.05, 3.63) is 11.9 Å². The number of nitrogens with one attached hydrogen (secondary N) is 2. The molecular weight excluding hydrogens is 273 g/mol. The van der Waals surface area contributed by atoms with E-state index >= 15 is 0 Å². The number of halogens is 3. The zero-order valence-electron chi connectivity index (χ0n) is 12.1. The van der Waals surface area contributed by atoms with E-state index in [2.05, 4.69) is 20.6 Å². The number of hydrogen-bond donors (Lipinski definition) is 3. The summed E-state index contributed by atoms with van der Waals surface area (Å²) in [7, 11) is 1.47. The molecule has 0 aliphatic carbocycles. The molecule has 0 unspecified atom stereocenters. The van der Waals surface area contributed by atoms with Crippen LogP contribution in [0.2, 0.25) is 0 Å². The van der Waals surface area contributed by atoms with Gasteiger partial charge in [0.2, 0.25) is 5.82 Å². The van der Waals surface area contributed by atoms with Crippen molar-refractivity contribution in [1.29, 1.82) is 0 Å². The summed E-state index contributed by atoms with van der Waals surface area (Å²) in [6, 6.07) is 1.35. The van der Waals surface area contributed by atoms with Gasteiger partial charge in [-0.2, -0.15) is 13.2 Å². The Kier molecular flexibility index (Phi) is 4.19. The number of aromatic nitrogens is 2. The Morgan fingerprint density at radius 3 is 1.95 bits per heavy atom. The highest BCUT2D eigenvalue weighted by atomic mass is 19.4. The summed E-state index contributed by atoms with van der Waals surface area (Å²) >= 11 is 0. The third-order valence-electron chi connectivity index (χ3n) is 3.21. The van der Waals surface area contributed by atoms with E-state index in [1.165, 1.54) is 13.1 Å². The maximum absolute atomic E-state index is 12.7. The fraction of sp³-hybridized carbons (Fsp3) is 0.667. The summed E-state index contributed by atoms with van der Waals surface area (Å²) in [5, 5.41) is 15.4. The van der Waals surface area contributed by atoms with Crippen molar-refractivity contribution < 1.29 is 18.3 Å². The zero-order valence-corrected chi connectivity index (χ0v) is 12.1. The topological polar surface area (TPSA) is 70.1 Å². The van der Waals surface area contributed by atoms with Crippen molar-refractivity contribution in [2.45, 2.75) is 45.0 Å². The molecule has 0 amide bonds. The summed E-state index contributed by atoms with van der Waals surface area (Å²) in [5.74, 6) is -1.21. The second kappa shape index (κ2) is 5.08. The summed E-state index contributed by atoms with van der Waals surface area (Å²) < 4.78 is 38.2. The smallest absolute Gasteiger partial charge is 0.388 e. The summed E-state index contributed by atoms with van der Waals surface area (Å²) in [6.45, 7) is 6.46. The highest BCUT2D eigenvalue weighted by Crippen LogP contribution is 2.30. The van der Waals surface area contributed by atoms with Crippen LogP contribution < -0.4 is 10.6 Å². The molecule has 5 nitrogen and oxygen atoms in total. The second-order valence-electron chi connectivity index (χ2n) is 5.52. The molecule has 20 heavy (non-hydrogen) atoms. The van der Waals surface area contributed by atoms with Gasteiger partial charge in [-0.15, -0.1) is 0 Å². The fourth-order valence-corrected chi connectivity index (χ4v) is 1.24. The minimum absolute atomic E-state index is 0.0104. The average Bonchev–Trinajstić information content (AvgIpc) is 2.25. The number of alkyl halides is 3. The molecule has 1 aromatic rings. The quantitative estimate of drug-likeness (QED) is 0.795. The predicted molar refractivity (Wildman–Crippen MR) is 70.6 cm³/mol. The molecule has 0 aliphatic rings. The molecule has 0 fully saturated rings. The Morgan fingerprint density at radius 2 is 1.55 bits per heavy atom. The highest BCUT2D eigenvalue weighted by Gasteiger charge is 2.38. The van der Waals surface area contributed by atoms with Gasteiger partial charge in [-0.25, -0.2) is 9.97 Å². The number of aliphatic hydroxyl groups is 1. The van der Waals surface area contributed by atoms with Crippen molar-refractivity contribution >= 4 is 11.6 Å². The van der Waals surface area contributed by atoms with Crippen molar-refractivity contribution in [2.24, 2.45) is 0 Å². The number of rotatable bonds is 4. The number of nitrogens with zero attached hydrogens (tertiary/aromatic N) is 2. The van der Waals surface area contributed by atoms with Crippen molar-refractivity contribution in [2.75, 3.05) is 17.7 Å². The maximum atomic E-state index is 12.7. The molecule has 1 heterocycles. The standard InChI is InChI=1S/C12H19F3N4O/c1-10(2,11(3,4)20)19-8-6-7(16-5)17-9(18-8)12(13,14)15/h6,20H,1-5H3,(H2,16,17,18,19). The summed E-state index contributed by atoms with van der Waals surface area (Å²) in [6.07, 6.45) is -4.64. The van der Waals surface area contributed by atoms with E-state index < -0.39 is 23.1 Å². The first-order valence-corrected chi connectivity index (χ1v) is 6.01. The van der Waals surface area contributed by atoms with Gasteiger partial charge in [-0.05, 0) is 27.7 Å². The summed E-state index contributed by atoms with van der Waals surface area (Å²) in [5.41, 5.74) is -2.04. The van der Waals surface area contributed by atoms with Crippen molar-refractivity contribution in [3.63, 3.8) is 0 Å². The van der Waals surface area contributed by atoms with Gasteiger partial charge in [0, 0.05) is 13.1 Å². The molecule has 0 aromatic carbocycles. The van der Waals surface area contributed by atoms with Gasteiger partial charge < -0.3 is 15.7 Å². The molecular formula is C12H19F3N4O. The first-order chi connectivity index (χ1) is 8.87. The van der Waals surface area contributed by atoms with E-state index in [1.807, 2.05) is 0 Å². The van der Waals surface area contributed by atoms with Gasteiger partial charge in [-0.3, -0.25) is 0 Å². The Labute approximate surface area is 115 Å². The normalized spacial score (nSPS) is 13.2. The van der Waals surface area contributed by atoms with Crippen molar-refractivity contribution in [1.82, 2.24) is 9.97 Å². The minimum Gasteiger partial charge on any atom is -0.388 e. The first kappa shape index (κ1) is 16.5. The summed E-state index contributed by atoms with van der Waals surface area (Å²) in [4.78, 5) is 6.82. The van der Waals surface area contributed by atoms with Crippen LogP contribution in [0.5, 0.6) is 0 Å². The second-order valence-corrected chi connectivity index (χ2v) is 5.52. The zero-order chi connectivity index (χ0) is 15.8. The van der Waals surface area contributed by atoms with E-state index in [0.29, 0.717) is 0 Å². The van der Waals surface area contributed by atoms with Gasteiger partial charge in [-0.1, -0.05) is 0 Å². The van der Waals surface area contributed by atoms with Gasteiger partial charge in [0.15, 0.2) is 0 Å². The molecule has 1 rings (SSSR count). The molecule has 114 valence electrons. The van der Waals surface area contributed by atoms with Crippen LogP contribution in [0.3, 0.4) is 0 Å². The van der Waals surface area contributed by atoms with Crippen molar-refractivity contribution in [3.8, 4) is 0 Å². The average molecular weight is 292 g/mol. The lowest BCUT2D eigenvalue weighted by atomic mass is 9.86. The molecule has 0 atom stereocenters. The van der Waals surface area contributed by atoms with E-state index in [4.69, 9.17) is 0 Å². The van der Waals surface area contributed by atoms with Gasteiger partial charge in [0.1, 0.15) is 11.6 Å². The van der Waals surface area contributed by atoms with Crippen LogP contribution in [0.1, 0.15) is 33.5 Å². The third-order valence-corrected chi connectivity index (χ3v) is 3.21. The van der Waals surface area contributed by atoms with Crippen LogP contribution in [0.15, 0.2) is 6.07 Å². The monoisotopic (exact) mass is 292 g/mol. The Hall–Kier alpha value is -1.57. The molecule has 0 spiro atoms. The molecule has 8 heteroatoms. The molecule has 0 saturated heterocycles. The van der Waals surface area contributed by atoms with E-state index in [1.54, 1.807) is 27.7 Å². The fourth-order valence-electron chi connectivity index (χ4n) is 1.24. The molecule has 0 saturated carbocycles. The predicted octanol–water partition coefficient (Wildman–Crippen LogP) is 2.50. The SMILES string of the molecule is CNc1cc(NC(C)(C)C(C)(C)O)nc(C(F)(F)F)n1. The van der Waals surface area contributed by atoms with E-state index in [9.17, 15) is 18.3 Å². The number of hydrogen-bond acceptors (Lipinski definition) is 5. The Balaban J connectivity index is 3.20. The molecule has 1 aromatic heterocycles. The Bertz CT molecular complexity index is 481. The van der Waals surface area contributed by atoms with Crippen LogP contribution in [0.25, 0.3) is 0 Å². The largest absolute Gasteiger partial charge is 0.451 e. The van der Waals surface area contributed by atoms with E-state index in [0.717, 1.165) is 0 Å². The van der Waals surface area contributed by atoms with Crippen LogP contribution in [0, 0.1) is 0 Å². The highest BCUT2D eigenvalue weighted by molar-refractivity contribution is 5.49. The van der Waals surface area contributed by atoms with Crippen LogP contribution in [0.4, 0.5) is 24.8 Å². The Morgan fingerprint density at radius 1 is 1.05 bits per heavy atom. The number of anilines is 2. The lowest BCUT2D eigenvalue weighted by molar-refractivity contribution is -0.144. The maximum Gasteiger partial charge on any atom is 0.451 e. The lowest BCUT2D eigenvalue weighted by Crippen LogP contribution is -2.51. The third kappa shape index (κ3) is 3.72. The van der Waals surface area contributed by atoms with E-state index in [-0.39, 0.29) is 11.6 Å². The lowest BCUT2D eigenvalue weighted by Gasteiger charge is -2.38. The van der Waals surface area contributed by atoms with Gasteiger partial charge >= 0.3 is 6.18 Å². The van der Waals surface area contributed by atoms with Gasteiger partial charge in [0.05, 0.1) is 11.1 Å².